The molecule has 0 rings (SSSR count). The Kier molecular flexibility index (Phi) is 27.6. The lowest BCUT2D eigenvalue weighted by Crippen LogP contribution is -2.43. The number of rotatable bonds is 30. The van der Waals surface area contributed by atoms with Gasteiger partial charge in [-0.1, -0.05) is 125 Å². The number of nitrogens with two attached hydrogens (primary N) is 1. The molecule has 9 nitrogen and oxygen atoms in total. The lowest BCUT2D eigenvalue weighted by Gasteiger charge is -2.16. The van der Waals surface area contributed by atoms with E-state index in [1.54, 1.807) is 0 Å². The van der Waals surface area contributed by atoms with E-state index < -0.39 is 24.0 Å². The Morgan fingerprint density at radius 1 is 0.561 bits per heavy atom. The summed E-state index contributed by atoms with van der Waals surface area (Å²) >= 11 is 0. The molecule has 0 aliphatic heterocycles. The molecule has 0 aliphatic carbocycles. The first kappa shape index (κ1) is 39.5. The summed E-state index contributed by atoms with van der Waals surface area (Å²) in [5, 5.41) is 23.8. The van der Waals surface area contributed by atoms with Gasteiger partial charge in [0.05, 0.1) is 0 Å². The maximum Gasteiger partial charge on any atom is 0.327 e. The Morgan fingerprint density at radius 3 is 1.20 bits per heavy atom. The minimum absolute atomic E-state index is 0.106. The predicted molar refractivity (Wildman–Crippen MR) is 171 cm³/mol. The Hall–Kier alpha value is -1.46. The van der Waals surface area contributed by atoms with Crippen molar-refractivity contribution in [2.45, 2.75) is 147 Å². The number of aliphatic carboxylic acids is 2. The van der Waals surface area contributed by atoms with Gasteiger partial charge >= 0.3 is 11.9 Å². The quantitative estimate of drug-likeness (QED) is 0.0460. The molecule has 2 atom stereocenters. The summed E-state index contributed by atoms with van der Waals surface area (Å²) in [4.78, 5) is 47.0. The number of nitrogens with one attached hydrogen (secondary N) is 2. The van der Waals surface area contributed by atoms with Crippen LogP contribution in [0.1, 0.15) is 135 Å². The van der Waals surface area contributed by atoms with E-state index in [2.05, 4.69) is 10.6 Å². The van der Waals surface area contributed by atoms with Crippen molar-refractivity contribution in [1.82, 2.24) is 10.6 Å². The number of amides is 2. The van der Waals surface area contributed by atoms with Gasteiger partial charge in [0.15, 0.2) is 0 Å². The summed E-state index contributed by atoms with van der Waals surface area (Å²) in [6, 6.07) is -2.07. The first-order valence-electron chi connectivity index (χ1n) is 15.8. The van der Waals surface area contributed by atoms with Gasteiger partial charge in [-0.15, -0.1) is 0 Å². The van der Waals surface area contributed by atoms with Crippen LogP contribution < -0.4 is 16.4 Å². The van der Waals surface area contributed by atoms with Gasteiger partial charge in [-0.25, -0.2) is 9.59 Å². The standard InChI is InChI=1S/C30H57N3O6S2/c1-2-3-20-27(34)32-25(29(36)37)23-40-41-24-26(30(38)39)33-28(35)21-18-16-14-12-10-8-6-4-5-7-9-11-13-15-17-19-22-31/h25-26H,2-24,31H2,1H3,(H,32,34)(H,33,35)(H,36,37)(H,38,39). The molecule has 0 aliphatic rings. The number of unbranched alkanes of at least 4 members (excludes halogenated alkanes) is 16. The third-order valence-electron chi connectivity index (χ3n) is 6.93. The molecule has 6 N–H and O–H groups in total. The highest BCUT2D eigenvalue weighted by Gasteiger charge is 2.22. The first-order valence-corrected chi connectivity index (χ1v) is 18.3. The van der Waals surface area contributed by atoms with Crippen LogP contribution in [0.2, 0.25) is 0 Å². The summed E-state index contributed by atoms with van der Waals surface area (Å²) < 4.78 is 0. The molecule has 0 radical (unpaired) electrons. The molecule has 41 heavy (non-hydrogen) atoms. The molecule has 0 heterocycles. The number of carboxylic acid groups (broad SMARTS) is 2. The second kappa shape index (κ2) is 28.6. The van der Waals surface area contributed by atoms with E-state index in [1.165, 1.54) is 98.6 Å². The van der Waals surface area contributed by atoms with Crippen molar-refractivity contribution in [3.05, 3.63) is 0 Å². The second-order valence-corrected chi connectivity index (χ2v) is 13.3. The highest BCUT2D eigenvalue weighted by molar-refractivity contribution is 8.76. The molecule has 0 aromatic carbocycles. The van der Waals surface area contributed by atoms with E-state index in [0.717, 1.165) is 38.6 Å². The smallest absolute Gasteiger partial charge is 0.327 e. The molecule has 0 saturated carbocycles. The van der Waals surface area contributed by atoms with Gasteiger partial charge in [0, 0.05) is 24.3 Å². The Labute approximate surface area is 256 Å². The molecule has 0 aromatic heterocycles. The molecular formula is C30H57N3O6S2. The minimum Gasteiger partial charge on any atom is -0.480 e. The average molecular weight is 620 g/mol. The van der Waals surface area contributed by atoms with Gasteiger partial charge in [-0.2, -0.15) is 0 Å². The zero-order valence-electron chi connectivity index (χ0n) is 25.3. The molecular weight excluding hydrogens is 562 g/mol. The van der Waals surface area contributed by atoms with E-state index in [4.69, 9.17) is 5.73 Å². The van der Waals surface area contributed by atoms with Crippen molar-refractivity contribution in [2.24, 2.45) is 5.73 Å². The molecule has 240 valence electrons. The van der Waals surface area contributed by atoms with Crippen molar-refractivity contribution in [3.8, 4) is 0 Å². The number of carboxylic acids is 2. The zero-order chi connectivity index (χ0) is 30.6. The van der Waals surface area contributed by atoms with Crippen LogP contribution in [0.3, 0.4) is 0 Å². The van der Waals surface area contributed by atoms with E-state index in [-0.39, 0.29) is 29.7 Å². The third-order valence-corrected chi connectivity index (χ3v) is 9.36. The number of carbonyl (C=O) groups excluding carboxylic acids is 2. The van der Waals surface area contributed by atoms with Crippen LogP contribution in [0.15, 0.2) is 0 Å². The SMILES string of the molecule is CCCCC(=O)NC(CSSCC(NC(=O)CCCCCCCCCCCCCCCCCCN)C(=O)O)C(=O)O. The fourth-order valence-corrected chi connectivity index (χ4v) is 6.67. The zero-order valence-corrected chi connectivity index (χ0v) is 27.0. The number of hydrogen-bond donors (Lipinski definition) is 5. The first-order chi connectivity index (χ1) is 19.8. The van der Waals surface area contributed by atoms with Gasteiger partial charge in [-0.05, 0) is 25.8 Å². The van der Waals surface area contributed by atoms with E-state index in [1.807, 2.05) is 6.92 Å². The fourth-order valence-electron chi connectivity index (χ4n) is 4.36. The largest absolute Gasteiger partial charge is 0.480 e. The van der Waals surface area contributed by atoms with Crippen LogP contribution in [0.4, 0.5) is 0 Å². The summed E-state index contributed by atoms with van der Waals surface area (Å²) in [6.45, 7) is 2.77. The number of hydrogen-bond acceptors (Lipinski definition) is 7. The van der Waals surface area contributed by atoms with Crippen molar-refractivity contribution in [3.63, 3.8) is 0 Å². The molecule has 2 unspecified atom stereocenters. The van der Waals surface area contributed by atoms with E-state index in [9.17, 15) is 29.4 Å². The topological polar surface area (TPSA) is 159 Å². The summed E-state index contributed by atoms with van der Waals surface area (Å²) in [5.74, 6) is -2.61. The maximum atomic E-state index is 12.2. The number of carbonyl (C=O) groups is 4. The Morgan fingerprint density at radius 2 is 0.878 bits per heavy atom. The van der Waals surface area contributed by atoms with Gasteiger partial charge in [0.2, 0.25) is 11.8 Å². The van der Waals surface area contributed by atoms with E-state index >= 15 is 0 Å². The Balaban J connectivity index is 3.81. The average Bonchev–Trinajstić information content (AvgIpc) is 2.94. The molecule has 0 saturated heterocycles. The molecule has 0 bridgehead atoms. The van der Waals surface area contributed by atoms with Gasteiger partial charge in [0.1, 0.15) is 12.1 Å². The molecule has 2 amide bonds. The Bertz CT molecular complexity index is 699. The fraction of sp³-hybridized carbons (Fsp3) is 0.867. The van der Waals surface area contributed by atoms with Crippen LogP contribution in [0, 0.1) is 0 Å². The lowest BCUT2D eigenvalue weighted by atomic mass is 10.0. The van der Waals surface area contributed by atoms with E-state index in [0.29, 0.717) is 12.8 Å². The van der Waals surface area contributed by atoms with Crippen molar-refractivity contribution < 1.29 is 29.4 Å². The molecule has 11 heteroatoms. The van der Waals surface area contributed by atoms with Gasteiger partial charge in [0.25, 0.3) is 0 Å². The molecule has 0 fully saturated rings. The van der Waals surface area contributed by atoms with Crippen LogP contribution >= 0.6 is 21.6 Å². The predicted octanol–water partition coefficient (Wildman–Crippen LogP) is 6.29. The van der Waals surface area contributed by atoms with Crippen LogP contribution in [0.5, 0.6) is 0 Å². The lowest BCUT2D eigenvalue weighted by molar-refractivity contribution is -0.141. The molecule has 0 spiro atoms. The minimum atomic E-state index is -1.13. The summed E-state index contributed by atoms with van der Waals surface area (Å²) in [6.07, 6.45) is 21.7. The maximum absolute atomic E-state index is 12.2. The van der Waals surface area contributed by atoms with Crippen molar-refractivity contribution in [1.29, 1.82) is 0 Å². The van der Waals surface area contributed by atoms with Crippen LogP contribution in [-0.2, 0) is 19.2 Å². The summed E-state index contributed by atoms with van der Waals surface area (Å²) in [7, 11) is 2.35. The van der Waals surface area contributed by atoms with Gasteiger partial charge in [-0.3, -0.25) is 9.59 Å². The normalized spacial score (nSPS) is 12.5. The molecule has 0 aromatic rings. The van der Waals surface area contributed by atoms with Gasteiger partial charge < -0.3 is 26.6 Å². The third kappa shape index (κ3) is 25.9. The van der Waals surface area contributed by atoms with Crippen molar-refractivity contribution in [2.75, 3.05) is 18.1 Å². The second-order valence-electron chi connectivity index (χ2n) is 10.8. The monoisotopic (exact) mass is 619 g/mol. The van der Waals surface area contributed by atoms with Crippen LogP contribution in [-0.4, -0.2) is 64.1 Å². The summed E-state index contributed by atoms with van der Waals surface area (Å²) in [5.41, 5.74) is 5.52. The highest BCUT2D eigenvalue weighted by Crippen LogP contribution is 2.23. The highest BCUT2D eigenvalue weighted by atomic mass is 33.1. The van der Waals surface area contributed by atoms with Crippen LogP contribution in [0.25, 0.3) is 0 Å². The van der Waals surface area contributed by atoms with Crippen molar-refractivity contribution >= 4 is 45.3 Å².